The Hall–Kier alpha value is -3.36. The highest BCUT2D eigenvalue weighted by Gasteiger charge is 2.21. The maximum Gasteiger partial charge on any atom is 0.316 e. The fourth-order valence-corrected chi connectivity index (χ4v) is 3.68. The normalized spacial score (nSPS) is 13.9. The molecule has 0 saturated carbocycles. The Kier molecular flexibility index (Phi) is 9.29. The van der Waals surface area contributed by atoms with Crippen molar-refractivity contribution in [1.82, 2.24) is 19.9 Å². The second-order valence-corrected chi connectivity index (χ2v) is 8.10. The molecule has 0 radical (unpaired) electrons. The Balaban J connectivity index is 0.000000709. The predicted molar refractivity (Wildman–Crippen MR) is 130 cm³/mol. The predicted octanol–water partition coefficient (Wildman–Crippen LogP) is 2.79. The van der Waals surface area contributed by atoms with Crippen molar-refractivity contribution in [2.75, 3.05) is 38.6 Å². The first kappa shape index (κ1) is 24.3. The number of benzene rings is 1. The van der Waals surface area contributed by atoms with Crippen LogP contribution in [0, 0.1) is 0 Å². The summed E-state index contributed by atoms with van der Waals surface area (Å²) in [5.41, 5.74) is 9.28. The van der Waals surface area contributed by atoms with Gasteiger partial charge in [0.2, 0.25) is 0 Å². The molecular weight excluding hydrogens is 416 g/mol. The Morgan fingerprint density at radius 2 is 1.76 bits per heavy atom. The maximum absolute atomic E-state index is 9.05. The van der Waals surface area contributed by atoms with Crippen molar-refractivity contribution in [3.63, 3.8) is 0 Å². The molecule has 2 aromatic heterocycles. The van der Waals surface area contributed by atoms with Crippen molar-refractivity contribution in [3.8, 4) is 17.1 Å². The molecule has 0 atom stereocenters. The molecule has 0 bridgehead atoms. The smallest absolute Gasteiger partial charge is 0.316 e. The third-order valence-electron chi connectivity index (χ3n) is 5.23. The van der Waals surface area contributed by atoms with E-state index in [1.54, 1.807) is 0 Å². The van der Waals surface area contributed by atoms with Crippen molar-refractivity contribution < 1.29 is 9.53 Å². The van der Waals surface area contributed by atoms with Gasteiger partial charge in [0.25, 0.3) is 0 Å². The summed E-state index contributed by atoms with van der Waals surface area (Å²) in [6.07, 6.45) is 10.1. The fraction of sp³-hybridized carbons (Fsp3) is 0.360. The molecule has 2 N–H and O–H groups in total. The van der Waals surface area contributed by atoms with Crippen LogP contribution in [0.4, 0.5) is 5.69 Å². The van der Waals surface area contributed by atoms with Crippen molar-refractivity contribution in [2.24, 2.45) is 5.73 Å². The van der Waals surface area contributed by atoms with Gasteiger partial charge in [0.1, 0.15) is 12.4 Å². The maximum atomic E-state index is 9.05. The van der Waals surface area contributed by atoms with Gasteiger partial charge in [-0.25, -0.2) is 9.97 Å². The number of hydrogen-bond donors (Lipinski definition) is 1. The monoisotopic (exact) mass is 448 g/mol. The summed E-state index contributed by atoms with van der Waals surface area (Å²) in [5, 5.41) is 0. The van der Waals surface area contributed by atoms with Crippen LogP contribution in [-0.4, -0.2) is 66.0 Å². The van der Waals surface area contributed by atoms with Gasteiger partial charge in [0.05, 0.1) is 0 Å². The molecule has 0 spiro atoms. The van der Waals surface area contributed by atoms with Crippen LogP contribution in [0.1, 0.15) is 18.4 Å². The lowest BCUT2D eigenvalue weighted by Gasteiger charge is -2.33. The first-order valence-electron chi connectivity index (χ1n) is 11.1. The van der Waals surface area contributed by atoms with Gasteiger partial charge in [0, 0.05) is 75.1 Å². The molecule has 8 heteroatoms. The molecule has 1 aliphatic heterocycles. The number of nitrogens with two attached hydrogens (primary N) is 1. The summed E-state index contributed by atoms with van der Waals surface area (Å²) in [7, 11) is 4.15. The van der Waals surface area contributed by atoms with Crippen LogP contribution in [0.5, 0.6) is 6.01 Å². The number of pyridine rings is 1. The van der Waals surface area contributed by atoms with Gasteiger partial charge in [-0.15, -0.1) is 0 Å². The van der Waals surface area contributed by atoms with E-state index in [-0.39, 0.29) is 12.6 Å². The number of ether oxygens (including phenoxy) is 1. The molecule has 1 fully saturated rings. The summed E-state index contributed by atoms with van der Waals surface area (Å²) in [5.74, 6) is 0. The van der Waals surface area contributed by atoms with Crippen molar-refractivity contribution in [2.45, 2.75) is 25.5 Å². The van der Waals surface area contributed by atoms with Crippen LogP contribution < -0.4 is 15.4 Å². The fourth-order valence-electron chi connectivity index (χ4n) is 3.68. The van der Waals surface area contributed by atoms with E-state index in [1.165, 1.54) is 11.3 Å². The minimum atomic E-state index is 0.139. The Morgan fingerprint density at radius 3 is 2.36 bits per heavy atom. The summed E-state index contributed by atoms with van der Waals surface area (Å²) < 4.78 is 6.04. The first-order chi connectivity index (χ1) is 16.1. The van der Waals surface area contributed by atoms with E-state index in [1.807, 2.05) is 24.8 Å². The van der Waals surface area contributed by atoms with Crippen LogP contribution in [0.25, 0.3) is 11.1 Å². The molecule has 1 saturated heterocycles. The lowest BCUT2D eigenvalue weighted by atomic mass is 10.1. The largest absolute Gasteiger partial charge is 0.460 e. The highest BCUT2D eigenvalue weighted by molar-refractivity contribution is 5.62. The molecule has 0 aliphatic carbocycles. The van der Waals surface area contributed by atoms with Crippen LogP contribution in [-0.2, 0) is 11.3 Å². The minimum Gasteiger partial charge on any atom is -0.460 e. The molecule has 1 aliphatic rings. The highest BCUT2D eigenvalue weighted by atomic mass is 16.5. The van der Waals surface area contributed by atoms with Crippen LogP contribution in [0.3, 0.4) is 0 Å². The van der Waals surface area contributed by atoms with Crippen LogP contribution >= 0.6 is 0 Å². The summed E-state index contributed by atoms with van der Waals surface area (Å²) in [6, 6.07) is 13.1. The van der Waals surface area contributed by atoms with E-state index < -0.39 is 0 Å². The SMILES string of the molecule is CN(C)Cc1cccc(-c2cnc(OC3CCN(c4ccncc4)CC3)nc2)c1.NCC=O. The quantitative estimate of drug-likeness (QED) is 0.551. The van der Waals surface area contributed by atoms with E-state index in [9.17, 15) is 0 Å². The van der Waals surface area contributed by atoms with E-state index in [4.69, 9.17) is 9.53 Å². The van der Waals surface area contributed by atoms with Crippen molar-refractivity contribution in [1.29, 1.82) is 0 Å². The average molecular weight is 449 g/mol. The zero-order valence-corrected chi connectivity index (χ0v) is 19.3. The molecule has 0 amide bonds. The molecule has 3 aromatic rings. The highest BCUT2D eigenvalue weighted by Crippen LogP contribution is 2.23. The van der Waals surface area contributed by atoms with Gasteiger partial charge in [0.15, 0.2) is 0 Å². The van der Waals surface area contributed by atoms with Gasteiger partial charge in [-0.3, -0.25) is 4.98 Å². The summed E-state index contributed by atoms with van der Waals surface area (Å²) in [4.78, 5) is 26.6. The second-order valence-electron chi connectivity index (χ2n) is 8.10. The van der Waals surface area contributed by atoms with E-state index in [2.05, 4.69) is 81.0 Å². The Morgan fingerprint density at radius 1 is 1.09 bits per heavy atom. The first-order valence-corrected chi connectivity index (χ1v) is 11.1. The Labute approximate surface area is 195 Å². The number of hydrogen-bond acceptors (Lipinski definition) is 8. The van der Waals surface area contributed by atoms with E-state index in [0.717, 1.165) is 43.6 Å². The number of aromatic nitrogens is 3. The molecule has 174 valence electrons. The van der Waals surface area contributed by atoms with Crippen LogP contribution in [0.15, 0.2) is 61.2 Å². The number of piperidine rings is 1. The summed E-state index contributed by atoms with van der Waals surface area (Å²) >= 11 is 0. The van der Waals surface area contributed by atoms with Crippen molar-refractivity contribution in [3.05, 3.63) is 66.7 Å². The van der Waals surface area contributed by atoms with Gasteiger partial charge >= 0.3 is 6.01 Å². The summed E-state index contributed by atoms with van der Waals surface area (Å²) in [6.45, 7) is 2.98. The molecule has 1 aromatic carbocycles. The molecule has 33 heavy (non-hydrogen) atoms. The van der Waals surface area contributed by atoms with E-state index >= 15 is 0 Å². The van der Waals surface area contributed by atoms with Gasteiger partial charge in [-0.05, 0) is 43.4 Å². The molecule has 0 unspecified atom stereocenters. The van der Waals surface area contributed by atoms with Gasteiger partial charge in [-0.1, -0.05) is 18.2 Å². The molecular formula is C25H32N6O2. The Bertz CT molecular complexity index is 974. The molecule has 4 rings (SSSR count). The number of carbonyl (C=O) groups is 1. The average Bonchev–Trinajstić information content (AvgIpc) is 2.85. The van der Waals surface area contributed by atoms with Gasteiger partial charge < -0.3 is 25.1 Å². The third-order valence-corrected chi connectivity index (χ3v) is 5.23. The lowest BCUT2D eigenvalue weighted by molar-refractivity contribution is -0.106. The standard InChI is InChI=1S/C23H27N5O.C2H5NO/c1-27(2)17-18-4-3-5-19(14-18)20-15-25-23(26-16-20)29-22-8-12-28(13-9-22)21-6-10-24-11-7-21;3-1-2-4/h3-7,10-11,14-16,22H,8-9,12-13,17H2,1-2H3;2H,1,3H2. The zero-order chi connectivity index (χ0) is 23.5. The van der Waals surface area contributed by atoms with Crippen LogP contribution in [0.2, 0.25) is 0 Å². The number of rotatable bonds is 7. The molecule has 8 nitrogen and oxygen atoms in total. The number of nitrogens with zero attached hydrogens (tertiary/aromatic N) is 5. The number of carbonyl (C=O) groups excluding carboxylic acids is 1. The van der Waals surface area contributed by atoms with Crippen molar-refractivity contribution >= 4 is 12.0 Å². The number of anilines is 1. The third kappa shape index (κ3) is 7.62. The number of aldehydes is 1. The lowest BCUT2D eigenvalue weighted by Crippen LogP contribution is -2.38. The molecule has 3 heterocycles. The second kappa shape index (κ2) is 12.6. The van der Waals surface area contributed by atoms with E-state index in [0.29, 0.717) is 12.3 Å². The minimum absolute atomic E-state index is 0.139. The topological polar surface area (TPSA) is 97.5 Å². The van der Waals surface area contributed by atoms with Gasteiger partial charge in [-0.2, -0.15) is 0 Å². The zero-order valence-electron chi connectivity index (χ0n) is 19.3.